The summed E-state index contributed by atoms with van der Waals surface area (Å²) in [5.74, 6) is -0.862. The van der Waals surface area contributed by atoms with Crippen molar-refractivity contribution in [1.82, 2.24) is 0 Å². The highest BCUT2D eigenvalue weighted by Gasteiger charge is 2.19. The van der Waals surface area contributed by atoms with E-state index in [9.17, 15) is 14.4 Å². The Balaban J connectivity index is 4.17. The monoisotopic (exact) mass is 1160 g/mol. The van der Waals surface area contributed by atoms with Crippen LogP contribution in [0.25, 0.3) is 0 Å². The lowest BCUT2D eigenvalue weighted by Gasteiger charge is -2.18. The molecule has 0 spiro atoms. The highest BCUT2D eigenvalue weighted by molar-refractivity contribution is 5.71. The van der Waals surface area contributed by atoms with Crippen molar-refractivity contribution in [3.05, 3.63) is 97.2 Å². The smallest absolute Gasteiger partial charge is 0.306 e. The Morgan fingerprint density at radius 1 is 0.253 bits per heavy atom. The van der Waals surface area contributed by atoms with Crippen LogP contribution in [0.15, 0.2) is 97.2 Å². The first-order valence-electron chi connectivity index (χ1n) is 35.7. The van der Waals surface area contributed by atoms with Crippen molar-refractivity contribution in [3.63, 3.8) is 0 Å². The molecule has 6 heteroatoms. The van der Waals surface area contributed by atoms with Crippen molar-refractivity contribution in [1.29, 1.82) is 0 Å². The molecule has 6 nitrogen and oxygen atoms in total. The molecule has 0 fully saturated rings. The highest BCUT2D eigenvalue weighted by Crippen LogP contribution is 2.17. The molecule has 0 heterocycles. The van der Waals surface area contributed by atoms with Crippen molar-refractivity contribution < 1.29 is 28.6 Å². The summed E-state index contributed by atoms with van der Waals surface area (Å²) in [7, 11) is 0. The van der Waals surface area contributed by atoms with Gasteiger partial charge in [0.2, 0.25) is 0 Å². The molecule has 0 aliphatic carbocycles. The van der Waals surface area contributed by atoms with Gasteiger partial charge in [0.1, 0.15) is 13.2 Å². The summed E-state index contributed by atoms with van der Waals surface area (Å²) < 4.78 is 17.0. The Labute approximate surface area is 515 Å². The van der Waals surface area contributed by atoms with Gasteiger partial charge in [-0.25, -0.2) is 0 Å². The summed E-state index contributed by atoms with van der Waals surface area (Å²) in [4.78, 5) is 38.4. The standard InChI is InChI=1S/C77H134O6/c1-4-7-10-13-16-19-22-25-27-29-31-32-33-34-35-36-37-38-39-40-41-42-43-44-45-46-47-49-50-52-55-58-61-64-67-70-76(79)82-73-74(72-81-75(78)69-66-63-60-57-54-24-21-18-15-12-9-6-3)83-77(80)71-68-65-62-59-56-53-51-48-30-28-26-23-20-17-14-11-8-5-2/h7,10,16,19,25,27-28,30-32,34-35,37-38,40-41,74H,4-6,8-9,11-15,17-18,20-24,26,29,33,36,39,42-73H2,1-3H3/b10-7-,19-16-,27-25-,30-28-,32-31-,35-34-,38-37-,41-40-. The van der Waals surface area contributed by atoms with Gasteiger partial charge in [0.15, 0.2) is 6.10 Å². The van der Waals surface area contributed by atoms with Gasteiger partial charge in [-0.2, -0.15) is 0 Å². The first-order chi connectivity index (χ1) is 41.0. The summed E-state index contributed by atoms with van der Waals surface area (Å²) in [5.41, 5.74) is 0. The van der Waals surface area contributed by atoms with E-state index in [-0.39, 0.29) is 31.1 Å². The molecule has 0 aromatic carbocycles. The van der Waals surface area contributed by atoms with Crippen LogP contribution in [0.4, 0.5) is 0 Å². The molecule has 0 aliphatic rings. The van der Waals surface area contributed by atoms with Crippen LogP contribution in [0.5, 0.6) is 0 Å². The third-order valence-electron chi connectivity index (χ3n) is 15.6. The van der Waals surface area contributed by atoms with Crippen molar-refractivity contribution in [2.45, 2.75) is 361 Å². The second-order valence-electron chi connectivity index (χ2n) is 23.8. The maximum atomic E-state index is 12.9. The summed E-state index contributed by atoms with van der Waals surface area (Å²) in [6.07, 6.45) is 95.8. The number of carbonyl (C=O) groups is 3. The minimum atomic E-state index is -0.778. The molecule has 0 N–H and O–H groups in total. The molecule has 1 atom stereocenters. The van der Waals surface area contributed by atoms with Crippen LogP contribution < -0.4 is 0 Å². The van der Waals surface area contributed by atoms with Gasteiger partial charge in [-0.15, -0.1) is 0 Å². The van der Waals surface area contributed by atoms with E-state index in [2.05, 4.69) is 118 Å². The lowest BCUT2D eigenvalue weighted by molar-refractivity contribution is -0.167. The van der Waals surface area contributed by atoms with Crippen LogP contribution in [0.3, 0.4) is 0 Å². The summed E-state index contributed by atoms with van der Waals surface area (Å²) >= 11 is 0. The number of allylic oxidation sites excluding steroid dienone is 16. The average Bonchev–Trinajstić information content (AvgIpc) is 3.49. The number of unbranched alkanes of at least 4 members (excludes halogenated alkanes) is 38. The van der Waals surface area contributed by atoms with E-state index >= 15 is 0 Å². The molecule has 0 amide bonds. The normalized spacial score (nSPS) is 12.7. The molecule has 0 radical (unpaired) electrons. The molecule has 0 saturated carbocycles. The Bertz CT molecular complexity index is 1610. The molecular formula is C77H134O6. The number of ether oxygens (including phenoxy) is 3. The molecule has 83 heavy (non-hydrogen) atoms. The SMILES string of the molecule is CC/C=C\C/C=C\C/C=C\C/C=C\C/C=C\C/C=C\C/C=C\CCCCCCCCCCCCCCCC(=O)OCC(COC(=O)CCCCCCCCCCCCCC)OC(=O)CCCCCCCCC/C=C\CCCCCCCCC. The quantitative estimate of drug-likeness (QED) is 0.0261. The zero-order chi connectivity index (χ0) is 59.9. The molecule has 0 aromatic heterocycles. The van der Waals surface area contributed by atoms with Crippen LogP contribution in [0.1, 0.15) is 355 Å². The van der Waals surface area contributed by atoms with Gasteiger partial charge >= 0.3 is 17.9 Å². The van der Waals surface area contributed by atoms with Gasteiger partial charge in [0.25, 0.3) is 0 Å². The molecule has 0 saturated heterocycles. The van der Waals surface area contributed by atoms with Gasteiger partial charge in [0, 0.05) is 19.3 Å². The molecule has 0 rings (SSSR count). The van der Waals surface area contributed by atoms with E-state index in [1.807, 2.05) is 0 Å². The van der Waals surface area contributed by atoms with E-state index in [4.69, 9.17) is 14.2 Å². The first-order valence-corrected chi connectivity index (χ1v) is 35.7. The summed E-state index contributed by atoms with van der Waals surface area (Å²) in [6.45, 7) is 6.56. The lowest BCUT2D eigenvalue weighted by atomic mass is 10.0. The largest absolute Gasteiger partial charge is 0.462 e. The van der Waals surface area contributed by atoms with E-state index in [1.54, 1.807) is 0 Å². The molecule has 0 aliphatic heterocycles. The molecule has 0 aromatic rings. The molecule has 1 unspecified atom stereocenters. The molecular weight excluding hydrogens is 1020 g/mol. The van der Waals surface area contributed by atoms with E-state index < -0.39 is 6.10 Å². The fraction of sp³-hybridized carbons (Fsp3) is 0.753. The van der Waals surface area contributed by atoms with Gasteiger partial charge in [-0.05, 0) is 103 Å². The fourth-order valence-corrected chi connectivity index (χ4v) is 10.2. The van der Waals surface area contributed by atoms with Gasteiger partial charge in [-0.3, -0.25) is 14.4 Å². The van der Waals surface area contributed by atoms with Crippen LogP contribution in [-0.2, 0) is 28.6 Å². The minimum absolute atomic E-state index is 0.0739. The fourth-order valence-electron chi connectivity index (χ4n) is 10.2. The van der Waals surface area contributed by atoms with Crippen molar-refractivity contribution in [3.8, 4) is 0 Å². The number of hydrogen-bond acceptors (Lipinski definition) is 6. The minimum Gasteiger partial charge on any atom is -0.462 e. The third kappa shape index (κ3) is 69.0. The maximum Gasteiger partial charge on any atom is 0.306 e. The van der Waals surface area contributed by atoms with Gasteiger partial charge in [-0.1, -0.05) is 330 Å². The van der Waals surface area contributed by atoms with Gasteiger partial charge in [0.05, 0.1) is 0 Å². The van der Waals surface area contributed by atoms with Gasteiger partial charge < -0.3 is 14.2 Å². The predicted molar refractivity (Wildman–Crippen MR) is 362 cm³/mol. The van der Waals surface area contributed by atoms with Crippen LogP contribution in [-0.4, -0.2) is 37.2 Å². The number of esters is 3. The zero-order valence-corrected chi connectivity index (χ0v) is 54.9. The van der Waals surface area contributed by atoms with Crippen molar-refractivity contribution >= 4 is 17.9 Å². The topological polar surface area (TPSA) is 78.9 Å². The highest BCUT2D eigenvalue weighted by atomic mass is 16.6. The van der Waals surface area contributed by atoms with Crippen LogP contribution >= 0.6 is 0 Å². The van der Waals surface area contributed by atoms with Crippen molar-refractivity contribution in [2.24, 2.45) is 0 Å². The van der Waals surface area contributed by atoms with Crippen LogP contribution in [0, 0.1) is 0 Å². The predicted octanol–water partition coefficient (Wildman–Crippen LogP) is 24.8. The van der Waals surface area contributed by atoms with Crippen molar-refractivity contribution in [2.75, 3.05) is 13.2 Å². The third-order valence-corrected chi connectivity index (χ3v) is 15.6. The Kier molecular flexibility index (Phi) is 67.7. The summed E-state index contributed by atoms with van der Waals surface area (Å²) in [5, 5.41) is 0. The first kappa shape index (κ1) is 79.3. The number of carbonyl (C=O) groups excluding carboxylic acids is 3. The zero-order valence-electron chi connectivity index (χ0n) is 54.9. The van der Waals surface area contributed by atoms with E-state index in [0.717, 1.165) is 103 Å². The Hall–Kier alpha value is -3.67. The number of rotatable bonds is 65. The molecule has 478 valence electrons. The Morgan fingerprint density at radius 3 is 0.747 bits per heavy atom. The second kappa shape index (κ2) is 70.8. The lowest BCUT2D eigenvalue weighted by Crippen LogP contribution is -2.30. The average molecular weight is 1160 g/mol. The molecule has 0 bridgehead atoms. The second-order valence-corrected chi connectivity index (χ2v) is 23.8. The maximum absolute atomic E-state index is 12.9. The van der Waals surface area contributed by atoms with E-state index in [0.29, 0.717) is 19.3 Å². The van der Waals surface area contributed by atoms with Crippen LogP contribution in [0.2, 0.25) is 0 Å². The Morgan fingerprint density at radius 2 is 0.470 bits per heavy atom. The number of hydrogen-bond donors (Lipinski definition) is 0. The summed E-state index contributed by atoms with van der Waals surface area (Å²) in [6, 6.07) is 0. The van der Waals surface area contributed by atoms with E-state index in [1.165, 1.54) is 212 Å².